The van der Waals surface area contributed by atoms with E-state index in [1.54, 1.807) is 18.2 Å². The Labute approximate surface area is 144 Å². The van der Waals surface area contributed by atoms with E-state index < -0.39 is 20.0 Å². The van der Waals surface area contributed by atoms with Crippen molar-refractivity contribution in [3.63, 3.8) is 0 Å². The Morgan fingerprint density at radius 1 is 1.04 bits per heavy atom. The van der Waals surface area contributed by atoms with Gasteiger partial charge in [-0.25, -0.2) is 16.8 Å². The molecular formula is C15H25N3O4S2. The van der Waals surface area contributed by atoms with Crippen LogP contribution in [0, 0.1) is 0 Å². The molecule has 0 atom stereocenters. The first-order valence-electron chi connectivity index (χ1n) is 8.11. The van der Waals surface area contributed by atoms with Gasteiger partial charge in [0, 0.05) is 39.3 Å². The highest BCUT2D eigenvalue weighted by molar-refractivity contribution is 7.90. The zero-order valence-corrected chi connectivity index (χ0v) is 15.5. The van der Waals surface area contributed by atoms with Crippen molar-refractivity contribution < 1.29 is 16.8 Å². The maximum atomic E-state index is 12.7. The average molecular weight is 376 g/mol. The van der Waals surface area contributed by atoms with Crippen molar-refractivity contribution in [1.82, 2.24) is 13.9 Å². The molecule has 1 aromatic carbocycles. The van der Waals surface area contributed by atoms with Gasteiger partial charge in [0.2, 0.25) is 20.0 Å². The molecule has 0 bridgehead atoms. The van der Waals surface area contributed by atoms with Crippen molar-refractivity contribution in [3.8, 4) is 0 Å². The molecule has 1 saturated heterocycles. The predicted octanol–water partition coefficient (Wildman–Crippen LogP) is 0.322. The van der Waals surface area contributed by atoms with E-state index in [9.17, 15) is 16.8 Å². The summed E-state index contributed by atoms with van der Waals surface area (Å²) in [6.07, 6.45) is 0.625. The summed E-state index contributed by atoms with van der Waals surface area (Å²) < 4.78 is 53.0. The topological polar surface area (TPSA) is 86.8 Å². The van der Waals surface area contributed by atoms with Crippen molar-refractivity contribution in [2.45, 2.75) is 18.2 Å². The molecular weight excluding hydrogens is 350 g/mol. The molecule has 0 spiro atoms. The summed E-state index contributed by atoms with van der Waals surface area (Å²) in [5.41, 5.74) is 0. The van der Waals surface area contributed by atoms with Gasteiger partial charge in [0.25, 0.3) is 0 Å². The summed E-state index contributed by atoms with van der Waals surface area (Å²) in [5, 5.41) is 3.11. The SMILES string of the molecule is CCCN(CCS(=O)(=O)N1CCNCC1)S(=O)(=O)c1ccccc1. The molecule has 9 heteroatoms. The number of nitrogens with one attached hydrogen (secondary N) is 1. The van der Waals surface area contributed by atoms with Crippen LogP contribution in [-0.2, 0) is 20.0 Å². The Balaban J connectivity index is 2.11. The van der Waals surface area contributed by atoms with Crippen LogP contribution >= 0.6 is 0 Å². The lowest BCUT2D eigenvalue weighted by molar-refractivity contribution is 0.356. The molecule has 2 rings (SSSR count). The summed E-state index contributed by atoms with van der Waals surface area (Å²) in [7, 11) is -7.13. The fraction of sp³-hybridized carbons (Fsp3) is 0.600. The zero-order chi connectivity index (χ0) is 17.6. The van der Waals surface area contributed by atoms with Crippen LogP contribution in [0.1, 0.15) is 13.3 Å². The van der Waals surface area contributed by atoms with Gasteiger partial charge in [0.05, 0.1) is 10.6 Å². The number of benzene rings is 1. The molecule has 1 N–H and O–H groups in total. The number of piperazine rings is 1. The van der Waals surface area contributed by atoms with E-state index in [0.29, 0.717) is 39.1 Å². The molecule has 0 saturated carbocycles. The van der Waals surface area contributed by atoms with Gasteiger partial charge in [-0.3, -0.25) is 0 Å². The molecule has 136 valence electrons. The molecule has 0 unspecified atom stereocenters. The third kappa shape index (κ3) is 4.76. The Bertz CT molecular complexity index is 714. The Morgan fingerprint density at radius 2 is 1.67 bits per heavy atom. The standard InChI is InChI=1S/C15H25N3O4S2/c1-2-10-18(24(21,22)15-6-4-3-5-7-15)13-14-23(19,20)17-11-8-16-9-12-17/h3-7,16H,2,8-14H2,1H3. The number of hydrogen-bond acceptors (Lipinski definition) is 5. The Morgan fingerprint density at radius 3 is 2.25 bits per heavy atom. The summed E-state index contributed by atoms with van der Waals surface area (Å²) in [5.74, 6) is -0.195. The van der Waals surface area contributed by atoms with Crippen LogP contribution in [0.2, 0.25) is 0 Å². The molecule has 24 heavy (non-hydrogen) atoms. The van der Waals surface area contributed by atoms with Gasteiger partial charge in [0.15, 0.2) is 0 Å². The second-order valence-electron chi connectivity index (χ2n) is 5.68. The number of rotatable bonds is 8. The molecule has 1 aliphatic heterocycles. The van der Waals surface area contributed by atoms with Crippen molar-refractivity contribution in [3.05, 3.63) is 30.3 Å². The lowest BCUT2D eigenvalue weighted by Crippen LogP contribution is -2.48. The van der Waals surface area contributed by atoms with E-state index in [-0.39, 0.29) is 17.2 Å². The zero-order valence-electron chi connectivity index (χ0n) is 13.9. The van der Waals surface area contributed by atoms with Crippen LogP contribution in [0.4, 0.5) is 0 Å². The van der Waals surface area contributed by atoms with Crippen molar-refractivity contribution in [2.75, 3.05) is 45.0 Å². The van der Waals surface area contributed by atoms with Gasteiger partial charge in [0.1, 0.15) is 0 Å². The van der Waals surface area contributed by atoms with Gasteiger partial charge in [-0.1, -0.05) is 25.1 Å². The smallest absolute Gasteiger partial charge is 0.243 e. The lowest BCUT2D eigenvalue weighted by atomic mass is 10.4. The quantitative estimate of drug-likeness (QED) is 0.707. The maximum Gasteiger partial charge on any atom is 0.243 e. The number of hydrogen-bond donors (Lipinski definition) is 1. The van der Waals surface area contributed by atoms with E-state index in [1.807, 2.05) is 6.92 Å². The summed E-state index contributed by atoms with van der Waals surface area (Å²) >= 11 is 0. The minimum atomic E-state index is -3.68. The summed E-state index contributed by atoms with van der Waals surface area (Å²) in [4.78, 5) is 0.193. The molecule has 0 amide bonds. The largest absolute Gasteiger partial charge is 0.314 e. The highest BCUT2D eigenvalue weighted by Gasteiger charge is 2.28. The van der Waals surface area contributed by atoms with Crippen LogP contribution in [0.5, 0.6) is 0 Å². The predicted molar refractivity (Wildman–Crippen MR) is 93.7 cm³/mol. The van der Waals surface area contributed by atoms with E-state index in [4.69, 9.17) is 0 Å². The molecule has 1 heterocycles. The first kappa shape index (κ1) is 19.3. The minimum Gasteiger partial charge on any atom is -0.314 e. The first-order valence-corrected chi connectivity index (χ1v) is 11.2. The maximum absolute atomic E-state index is 12.7. The van der Waals surface area contributed by atoms with Crippen molar-refractivity contribution >= 4 is 20.0 Å². The third-order valence-electron chi connectivity index (χ3n) is 3.92. The molecule has 1 aromatic rings. The third-order valence-corrected chi connectivity index (χ3v) is 7.69. The van der Waals surface area contributed by atoms with E-state index in [0.717, 1.165) is 0 Å². The van der Waals surface area contributed by atoms with Crippen molar-refractivity contribution in [1.29, 1.82) is 0 Å². The fourth-order valence-corrected chi connectivity index (χ4v) is 5.73. The first-order chi connectivity index (χ1) is 11.4. The van der Waals surface area contributed by atoms with Crippen molar-refractivity contribution in [2.24, 2.45) is 0 Å². The normalized spacial score (nSPS) is 17.2. The van der Waals surface area contributed by atoms with Gasteiger partial charge >= 0.3 is 0 Å². The van der Waals surface area contributed by atoms with Crippen LogP contribution < -0.4 is 5.32 Å². The Kier molecular flexibility index (Phi) is 6.76. The van der Waals surface area contributed by atoms with Crippen LogP contribution in [-0.4, -0.2) is 70.5 Å². The van der Waals surface area contributed by atoms with Gasteiger partial charge in [-0.05, 0) is 18.6 Å². The molecule has 7 nitrogen and oxygen atoms in total. The van der Waals surface area contributed by atoms with Gasteiger partial charge < -0.3 is 5.32 Å². The van der Waals surface area contributed by atoms with E-state index in [1.165, 1.54) is 20.7 Å². The van der Waals surface area contributed by atoms with Crippen LogP contribution in [0.15, 0.2) is 35.2 Å². The van der Waals surface area contributed by atoms with Gasteiger partial charge in [-0.15, -0.1) is 0 Å². The second kappa shape index (κ2) is 8.39. The summed E-state index contributed by atoms with van der Waals surface area (Å²) in [6, 6.07) is 8.13. The van der Waals surface area contributed by atoms with Crippen LogP contribution in [0.3, 0.4) is 0 Å². The highest BCUT2D eigenvalue weighted by atomic mass is 32.2. The summed E-state index contributed by atoms with van der Waals surface area (Å²) in [6.45, 7) is 4.26. The average Bonchev–Trinajstić information content (AvgIpc) is 2.60. The molecule has 1 aliphatic rings. The molecule has 0 aromatic heterocycles. The fourth-order valence-electron chi connectivity index (χ4n) is 2.61. The van der Waals surface area contributed by atoms with E-state index >= 15 is 0 Å². The molecule has 0 radical (unpaired) electrons. The number of nitrogens with zero attached hydrogens (tertiary/aromatic N) is 2. The molecule has 0 aliphatic carbocycles. The monoisotopic (exact) mass is 375 g/mol. The minimum absolute atomic E-state index is 0.0304. The number of sulfonamides is 2. The van der Waals surface area contributed by atoms with Crippen LogP contribution in [0.25, 0.3) is 0 Å². The van der Waals surface area contributed by atoms with Gasteiger partial charge in [-0.2, -0.15) is 8.61 Å². The Hall–Kier alpha value is -1.00. The second-order valence-corrected chi connectivity index (χ2v) is 9.71. The molecule has 1 fully saturated rings. The lowest BCUT2D eigenvalue weighted by Gasteiger charge is -2.28. The van der Waals surface area contributed by atoms with E-state index in [2.05, 4.69) is 5.32 Å². The highest BCUT2D eigenvalue weighted by Crippen LogP contribution is 2.16.